The molecule has 1 aromatic rings. The first-order chi connectivity index (χ1) is 10.7. The molecular weight excluding hydrogens is 333 g/mol. The van der Waals surface area contributed by atoms with Crippen LogP contribution in [0.25, 0.3) is 0 Å². The number of anilines is 2. The lowest BCUT2D eigenvalue weighted by Crippen LogP contribution is -2.44. The van der Waals surface area contributed by atoms with Crippen molar-refractivity contribution in [3.05, 3.63) is 23.8 Å². The van der Waals surface area contributed by atoms with Crippen molar-refractivity contribution in [2.45, 2.75) is 24.6 Å². The fourth-order valence-electron chi connectivity index (χ4n) is 3.05. The monoisotopic (exact) mass is 355 g/mol. The number of piperazine rings is 1. The zero-order chi connectivity index (χ0) is 16.8. The van der Waals surface area contributed by atoms with Crippen LogP contribution in [0.15, 0.2) is 18.2 Å². The van der Waals surface area contributed by atoms with Crippen molar-refractivity contribution in [2.24, 2.45) is 5.41 Å². The molecule has 1 unspecified atom stereocenters. The maximum Gasteiger partial charge on any atom is 0.233 e. The number of nitrogens with one attached hydrogen (secondary N) is 1. The Morgan fingerprint density at radius 1 is 1.22 bits per heavy atom. The van der Waals surface area contributed by atoms with Gasteiger partial charge in [-0.2, -0.15) is 0 Å². The van der Waals surface area contributed by atoms with E-state index >= 15 is 0 Å². The van der Waals surface area contributed by atoms with E-state index in [-0.39, 0.29) is 5.91 Å². The Labute approximate surface area is 147 Å². The number of carbonyl (C=O) groups is 1. The Morgan fingerprint density at radius 3 is 2.35 bits per heavy atom. The van der Waals surface area contributed by atoms with Gasteiger partial charge in [-0.1, -0.05) is 0 Å². The van der Waals surface area contributed by atoms with Crippen LogP contribution >= 0.6 is 23.2 Å². The average Bonchev–Trinajstić information content (AvgIpc) is 3.00. The third-order valence-corrected chi connectivity index (χ3v) is 6.16. The maximum atomic E-state index is 12.4. The molecule has 1 atom stereocenters. The number of hydrogen-bond donors (Lipinski definition) is 1. The van der Waals surface area contributed by atoms with E-state index in [9.17, 15) is 4.79 Å². The number of halogens is 2. The van der Waals surface area contributed by atoms with Gasteiger partial charge in [-0.15, -0.1) is 23.2 Å². The van der Waals surface area contributed by atoms with Crippen molar-refractivity contribution in [1.82, 2.24) is 4.90 Å². The Kier molecular flexibility index (Phi) is 4.28. The molecule has 1 aromatic carbocycles. The molecule has 1 saturated heterocycles. The lowest BCUT2D eigenvalue weighted by Gasteiger charge is -2.35. The van der Waals surface area contributed by atoms with Crippen molar-refractivity contribution in [1.29, 1.82) is 0 Å². The Bertz CT molecular complexity index is 626. The van der Waals surface area contributed by atoms with Gasteiger partial charge < -0.3 is 15.1 Å². The summed E-state index contributed by atoms with van der Waals surface area (Å²) in [6.45, 7) is 8.08. The predicted octanol–water partition coefficient (Wildman–Crippen LogP) is 3.27. The molecule has 0 bridgehead atoms. The summed E-state index contributed by atoms with van der Waals surface area (Å²) in [5, 5.41) is 2.94. The summed E-state index contributed by atoms with van der Waals surface area (Å²) in [6, 6.07) is 6.05. The van der Waals surface area contributed by atoms with Crippen LogP contribution in [0.2, 0.25) is 0 Å². The fourth-order valence-corrected chi connectivity index (χ4v) is 3.76. The first kappa shape index (κ1) is 16.9. The van der Waals surface area contributed by atoms with Gasteiger partial charge >= 0.3 is 0 Å². The molecule has 23 heavy (non-hydrogen) atoms. The third kappa shape index (κ3) is 3.17. The number of likely N-dealkylation sites (N-methyl/N-ethyl adjacent to an activating group) is 1. The summed E-state index contributed by atoms with van der Waals surface area (Å²) in [5.41, 5.74) is 2.50. The fraction of sp³-hybridized carbons (Fsp3) is 0.588. The van der Waals surface area contributed by atoms with E-state index in [0.29, 0.717) is 6.42 Å². The van der Waals surface area contributed by atoms with E-state index < -0.39 is 9.75 Å². The number of alkyl halides is 2. The average molecular weight is 356 g/mol. The van der Waals surface area contributed by atoms with Crippen molar-refractivity contribution in [3.63, 3.8) is 0 Å². The van der Waals surface area contributed by atoms with Crippen LogP contribution < -0.4 is 10.2 Å². The van der Waals surface area contributed by atoms with Gasteiger partial charge in [0.2, 0.25) is 5.91 Å². The zero-order valence-corrected chi connectivity index (χ0v) is 15.3. The number of benzene rings is 1. The van der Waals surface area contributed by atoms with Crippen LogP contribution in [-0.4, -0.2) is 48.4 Å². The Balaban J connectivity index is 1.69. The molecule has 1 heterocycles. The quantitative estimate of drug-likeness (QED) is 0.845. The Hall–Kier alpha value is -0.970. The molecule has 3 rings (SSSR count). The molecule has 1 amide bonds. The van der Waals surface area contributed by atoms with Gasteiger partial charge in [-0.3, -0.25) is 4.79 Å². The highest BCUT2D eigenvalue weighted by atomic mass is 35.5. The van der Waals surface area contributed by atoms with Gasteiger partial charge in [-0.05, 0) is 51.1 Å². The van der Waals surface area contributed by atoms with E-state index in [4.69, 9.17) is 23.2 Å². The number of rotatable bonds is 3. The van der Waals surface area contributed by atoms with E-state index in [2.05, 4.69) is 35.2 Å². The van der Waals surface area contributed by atoms with Crippen LogP contribution in [0.3, 0.4) is 0 Å². The van der Waals surface area contributed by atoms with Crippen molar-refractivity contribution in [3.8, 4) is 0 Å². The largest absolute Gasteiger partial charge is 0.369 e. The summed E-state index contributed by atoms with van der Waals surface area (Å²) in [4.78, 5) is 17.1. The van der Waals surface area contributed by atoms with Crippen LogP contribution in [-0.2, 0) is 4.79 Å². The smallest absolute Gasteiger partial charge is 0.233 e. The highest BCUT2D eigenvalue weighted by molar-refractivity contribution is 6.53. The van der Waals surface area contributed by atoms with E-state index in [1.807, 2.05) is 12.1 Å². The molecule has 1 aliphatic carbocycles. The van der Waals surface area contributed by atoms with Crippen molar-refractivity contribution < 1.29 is 4.79 Å². The molecule has 0 radical (unpaired) electrons. The van der Waals surface area contributed by atoms with Gasteiger partial charge in [-0.25, -0.2) is 0 Å². The van der Waals surface area contributed by atoms with Gasteiger partial charge in [0.25, 0.3) is 0 Å². The second-order valence-corrected chi connectivity index (χ2v) is 8.44. The SMILES string of the molecule is Cc1cc(NC(=O)C2(C)CC2(Cl)Cl)ccc1N1CCN(C)CC1. The molecule has 6 heteroatoms. The molecule has 1 saturated carbocycles. The first-order valence-electron chi connectivity index (χ1n) is 7.96. The molecule has 0 aromatic heterocycles. The minimum absolute atomic E-state index is 0.116. The normalized spacial score (nSPS) is 26.9. The molecule has 2 fully saturated rings. The molecule has 126 valence electrons. The van der Waals surface area contributed by atoms with Crippen LogP contribution in [0.4, 0.5) is 11.4 Å². The van der Waals surface area contributed by atoms with E-state index in [0.717, 1.165) is 37.4 Å². The number of carbonyl (C=O) groups excluding carboxylic acids is 1. The van der Waals surface area contributed by atoms with Crippen LogP contribution in [0.1, 0.15) is 18.9 Å². The van der Waals surface area contributed by atoms with Gasteiger partial charge in [0.15, 0.2) is 0 Å². The molecule has 0 spiro atoms. The molecule has 1 N–H and O–H groups in total. The lowest BCUT2D eigenvalue weighted by molar-refractivity contribution is -0.120. The highest BCUT2D eigenvalue weighted by Crippen LogP contribution is 2.64. The van der Waals surface area contributed by atoms with E-state index in [1.54, 1.807) is 6.92 Å². The number of nitrogens with zero attached hydrogens (tertiary/aromatic N) is 2. The zero-order valence-electron chi connectivity index (χ0n) is 13.8. The van der Waals surface area contributed by atoms with E-state index in [1.165, 1.54) is 5.69 Å². The predicted molar refractivity (Wildman–Crippen MR) is 96.7 cm³/mol. The summed E-state index contributed by atoms with van der Waals surface area (Å²) in [5.74, 6) is -0.116. The number of aryl methyl sites for hydroxylation is 1. The summed E-state index contributed by atoms with van der Waals surface area (Å²) < 4.78 is -0.939. The van der Waals surface area contributed by atoms with Gasteiger partial charge in [0.1, 0.15) is 4.33 Å². The molecule has 2 aliphatic rings. The lowest BCUT2D eigenvalue weighted by atomic mass is 10.1. The van der Waals surface area contributed by atoms with Gasteiger partial charge in [0, 0.05) is 37.6 Å². The standard InChI is InChI=1S/C17H23Cl2N3O/c1-12-10-13(20-15(23)16(2)11-17(16,18)19)4-5-14(12)22-8-6-21(3)7-9-22/h4-5,10H,6-9,11H2,1-3H3,(H,20,23). The maximum absolute atomic E-state index is 12.4. The number of amides is 1. The third-order valence-electron chi connectivity index (χ3n) is 5.06. The second kappa shape index (κ2) is 5.83. The summed E-state index contributed by atoms with van der Waals surface area (Å²) >= 11 is 12.1. The summed E-state index contributed by atoms with van der Waals surface area (Å²) in [6.07, 6.45) is 0.493. The van der Waals surface area contributed by atoms with Crippen molar-refractivity contribution >= 4 is 40.5 Å². The van der Waals surface area contributed by atoms with Gasteiger partial charge in [0.05, 0.1) is 5.41 Å². The van der Waals surface area contributed by atoms with Crippen LogP contribution in [0, 0.1) is 12.3 Å². The second-order valence-electron chi connectivity index (χ2n) is 6.96. The van der Waals surface area contributed by atoms with Crippen molar-refractivity contribution in [2.75, 3.05) is 43.4 Å². The topological polar surface area (TPSA) is 35.6 Å². The highest BCUT2D eigenvalue weighted by Gasteiger charge is 2.67. The number of hydrogen-bond acceptors (Lipinski definition) is 3. The molecule has 4 nitrogen and oxygen atoms in total. The summed E-state index contributed by atoms with van der Waals surface area (Å²) in [7, 11) is 2.15. The van der Waals surface area contributed by atoms with Crippen LogP contribution in [0.5, 0.6) is 0 Å². The Morgan fingerprint density at radius 2 is 1.83 bits per heavy atom. The molecular formula is C17H23Cl2N3O. The first-order valence-corrected chi connectivity index (χ1v) is 8.72. The molecule has 1 aliphatic heterocycles. The minimum atomic E-state index is -0.939. The minimum Gasteiger partial charge on any atom is -0.369 e.